The maximum atomic E-state index is 15.7. The fourth-order valence-electron chi connectivity index (χ4n) is 6.00. The van der Waals surface area contributed by atoms with Crippen LogP contribution in [0.4, 0.5) is 18.9 Å². The molecule has 1 heterocycles. The van der Waals surface area contributed by atoms with Gasteiger partial charge in [-0.05, 0) is 106 Å². The molecule has 0 bridgehead atoms. The number of aryl methyl sites for hydroxylation is 1. The molecule has 0 saturated heterocycles. The fraction of sp³-hybridized carbons (Fsp3) is 0.325. The van der Waals surface area contributed by atoms with Crippen molar-refractivity contribution < 1.29 is 41.0 Å². The van der Waals surface area contributed by atoms with E-state index in [1.807, 2.05) is 12.1 Å². The monoisotopic (exact) mass is 827 g/mol. The van der Waals surface area contributed by atoms with E-state index < -0.39 is 67.4 Å². The van der Waals surface area contributed by atoms with Crippen molar-refractivity contribution in [2.24, 2.45) is 0 Å². The Kier molecular flexibility index (Phi) is 12.1. The number of ether oxygens (including phenoxy) is 1. The van der Waals surface area contributed by atoms with Gasteiger partial charge >= 0.3 is 5.97 Å². The number of carboxylic acids is 1. The van der Waals surface area contributed by atoms with Crippen LogP contribution in [0.1, 0.15) is 90.2 Å². The normalized spacial score (nSPS) is 13.2. The second-order valence-corrected chi connectivity index (χ2v) is 16.8. The molecule has 286 valence electrons. The van der Waals surface area contributed by atoms with Crippen LogP contribution in [0.15, 0.2) is 70.8 Å². The van der Waals surface area contributed by atoms with E-state index in [1.54, 1.807) is 19.9 Å². The van der Waals surface area contributed by atoms with Crippen LogP contribution >= 0.6 is 15.9 Å². The van der Waals surface area contributed by atoms with Crippen LogP contribution in [0, 0.1) is 24.4 Å². The van der Waals surface area contributed by atoms with Gasteiger partial charge in [0.25, 0.3) is 0 Å². The van der Waals surface area contributed by atoms with Gasteiger partial charge in [-0.1, -0.05) is 51.6 Å². The zero-order chi connectivity index (χ0) is 39.7. The number of aromatic nitrogens is 1. The summed E-state index contributed by atoms with van der Waals surface area (Å²) in [5.41, 5.74) is 2.67. The lowest BCUT2D eigenvalue weighted by Crippen LogP contribution is -2.43. The smallest absolute Gasteiger partial charge is 0.335 e. The van der Waals surface area contributed by atoms with E-state index in [9.17, 15) is 23.1 Å². The molecule has 4 aromatic rings. The molecule has 0 atom stereocenters. The second kappa shape index (κ2) is 16.1. The number of aromatic carboxylic acids is 1. The molecule has 0 aliphatic heterocycles. The predicted molar refractivity (Wildman–Crippen MR) is 204 cm³/mol. The molecular formula is C40H41BrF3N3O6S. The molecule has 3 aromatic carbocycles. The molecule has 1 aromatic heterocycles. The maximum absolute atomic E-state index is 15.7. The van der Waals surface area contributed by atoms with Crippen molar-refractivity contribution in [2.75, 3.05) is 18.1 Å². The number of hydrogen-bond acceptors (Lipinski definition) is 6. The molecule has 0 unspecified atom stereocenters. The van der Waals surface area contributed by atoms with Crippen LogP contribution in [0.2, 0.25) is 0 Å². The summed E-state index contributed by atoms with van der Waals surface area (Å²) >= 11 is 2.82. The molecule has 54 heavy (non-hydrogen) atoms. The summed E-state index contributed by atoms with van der Waals surface area (Å²) in [5.74, 6) is -6.66. The van der Waals surface area contributed by atoms with Gasteiger partial charge < -0.3 is 14.7 Å². The Morgan fingerprint density at radius 3 is 2.35 bits per heavy atom. The number of hydrogen-bond donors (Lipinski definition) is 1. The summed E-state index contributed by atoms with van der Waals surface area (Å²) in [5, 5.41) is 9.73. The van der Waals surface area contributed by atoms with Gasteiger partial charge in [0.05, 0.1) is 35.4 Å². The van der Waals surface area contributed by atoms with Crippen molar-refractivity contribution in [1.82, 2.24) is 9.29 Å². The summed E-state index contributed by atoms with van der Waals surface area (Å²) in [6, 6.07) is 11.7. The van der Waals surface area contributed by atoms with Crippen LogP contribution in [0.5, 0.6) is 5.75 Å². The van der Waals surface area contributed by atoms with Gasteiger partial charge in [0.15, 0.2) is 11.6 Å². The number of pyridine rings is 1. The zero-order valence-corrected chi connectivity index (χ0v) is 33.0. The molecule has 14 heteroatoms. The first-order valence-electron chi connectivity index (χ1n) is 17.2. The second-order valence-electron chi connectivity index (χ2n) is 14.2. The van der Waals surface area contributed by atoms with E-state index in [-0.39, 0.29) is 35.6 Å². The lowest BCUT2D eigenvalue weighted by molar-refractivity contribution is -0.119. The van der Waals surface area contributed by atoms with Crippen LogP contribution in [0.3, 0.4) is 0 Å². The van der Waals surface area contributed by atoms with Gasteiger partial charge in [0, 0.05) is 24.5 Å². The average Bonchev–Trinajstić information content (AvgIpc) is 3.96. The summed E-state index contributed by atoms with van der Waals surface area (Å²) in [4.78, 5) is 30.7. The van der Waals surface area contributed by atoms with E-state index in [0.29, 0.717) is 21.4 Å². The summed E-state index contributed by atoms with van der Waals surface area (Å²) in [7, 11) is -5.19. The quantitative estimate of drug-likeness (QED) is 0.126. The number of carbonyl (C=O) groups is 2. The van der Waals surface area contributed by atoms with Crippen molar-refractivity contribution in [1.29, 1.82) is 0 Å². The number of carboxylic acid groups (broad SMARTS) is 1. The van der Waals surface area contributed by atoms with Gasteiger partial charge in [-0.2, -0.15) is 4.31 Å². The minimum Gasteiger partial charge on any atom is -0.492 e. The Hall–Kier alpha value is -4.53. The van der Waals surface area contributed by atoms with Crippen molar-refractivity contribution in [2.45, 2.75) is 76.8 Å². The molecule has 1 fully saturated rings. The number of amides is 1. The van der Waals surface area contributed by atoms with E-state index in [2.05, 4.69) is 54.3 Å². The molecular weight excluding hydrogens is 787 g/mol. The minimum atomic E-state index is -5.19. The van der Waals surface area contributed by atoms with Crippen molar-refractivity contribution in [3.05, 3.63) is 122 Å². The van der Waals surface area contributed by atoms with Crippen molar-refractivity contribution in [3.63, 3.8) is 0 Å². The van der Waals surface area contributed by atoms with E-state index in [1.165, 1.54) is 35.5 Å². The molecule has 1 aliphatic carbocycles. The molecule has 0 radical (unpaired) electrons. The van der Waals surface area contributed by atoms with Gasteiger partial charge in [-0.25, -0.2) is 26.4 Å². The highest BCUT2D eigenvalue weighted by Gasteiger charge is 2.38. The summed E-state index contributed by atoms with van der Waals surface area (Å²) < 4.78 is 80.6. The molecule has 1 aliphatic rings. The third kappa shape index (κ3) is 8.55. The van der Waals surface area contributed by atoms with Gasteiger partial charge in [0.2, 0.25) is 15.9 Å². The van der Waals surface area contributed by atoms with Gasteiger partial charge in [-0.15, -0.1) is 0 Å². The maximum Gasteiger partial charge on any atom is 0.335 e. The molecule has 1 N–H and O–H groups in total. The van der Waals surface area contributed by atoms with Crippen LogP contribution in [0.25, 0.3) is 6.08 Å². The molecule has 1 amide bonds. The van der Waals surface area contributed by atoms with Crippen LogP contribution in [-0.2, 0) is 33.3 Å². The summed E-state index contributed by atoms with van der Waals surface area (Å²) in [6.45, 7) is 11.4. The first-order chi connectivity index (χ1) is 25.4. The Morgan fingerprint density at radius 2 is 1.76 bits per heavy atom. The Balaban J connectivity index is 1.69. The minimum absolute atomic E-state index is 0.0515. The predicted octanol–water partition coefficient (Wildman–Crippen LogP) is 8.91. The van der Waals surface area contributed by atoms with E-state index in [0.717, 1.165) is 35.6 Å². The highest BCUT2D eigenvalue weighted by atomic mass is 79.9. The van der Waals surface area contributed by atoms with Crippen molar-refractivity contribution >= 4 is 49.6 Å². The van der Waals surface area contributed by atoms with Gasteiger partial charge in [0.1, 0.15) is 16.5 Å². The topological polar surface area (TPSA) is 117 Å². The SMILES string of the molecule is C=Cc1c(F)c(F)c(S(=O)(=O)N(CC(=O)N(Cc2cc(C3CC3)cc(C(C)(C)C)c2)c2ccc(C(=O)O)cc2OCC)Cc2cnccc2C)c(Br)c1F. The van der Waals surface area contributed by atoms with E-state index >= 15 is 13.2 Å². The Bertz CT molecular complexity index is 2210. The number of anilines is 1. The first kappa shape index (κ1) is 40.7. The number of rotatable bonds is 14. The number of carbonyl (C=O) groups excluding carboxylic acids is 1. The van der Waals surface area contributed by atoms with Crippen LogP contribution < -0.4 is 9.64 Å². The molecule has 5 rings (SSSR count). The van der Waals surface area contributed by atoms with E-state index in [4.69, 9.17) is 4.74 Å². The lowest BCUT2D eigenvalue weighted by atomic mass is 9.84. The highest BCUT2D eigenvalue weighted by Crippen LogP contribution is 2.42. The number of halogens is 4. The zero-order valence-electron chi connectivity index (χ0n) is 30.6. The molecule has 1 saturated carbocycles. The Morgan fingerprint density at radius 1 is 1.06 bits per heavy atom. The molecule has 9 nitrogen and oxygen atoms in total. The third-order valence-electron chi connectivity index (χ3n) is 9.23. The lowest BCUT2D eigenvalue weighted by Gasteiger charge is -2.30. The van der Waals surface area contributed by atoms with Gasteiger partial charge in [-0.3, -0.25) is 9.78 Å². The number of benzene rings is 3. The average molecular weight is 829 g/mol. The largest absolute Gasteiger partial charge is 0.492 e. The fourth-order valence-corrected chi connectivity index (χ4v) is 8.49. The first-order valence-corrected chi connectivity index (χ1v) is 19.4. The molecule has 0 spiro atoms. The standard InChI is InChI=1S/C40H41BrF3N3O6S/c1-7-30-35(42)34(41)38(37(44)36(30)43)54(51,52)46(21-28-19-45-14-13-23(28)3)22-33(48)47(31-12-11-26(39(49)50)18-32(31)53-8-2)20-24-15-27(25-9-10-25)17-29(16-24)40(4,5)6/h7,11-19,25H,1,8-10,20-22H2,2-6H3,(H,49,50). The van der Waals surface area contributed by atoms with Crippen LogP contribution in [-0.4, -0.2) is 47.8 Å². The Labute approximate surface area is 321 Å². The summed E-state index contributed by atoms with van der Waals surface area (Å²) in [6.07, 6.45) is 5.62. The van der Waals surface area contributed by atoms with Crippen molar-refractivity contribution in [3.8, 4) is 5.75 Å². The third-order valence-corrected chi connectivity index (χ3v) is 12.1. The highest BCUT2D eigenvalue weighted by molar-refractivity contribution is 9.10. The number of nitrogens with zero attached hydrogens (tertiary/aromatic N) is 3. The number of sulfonamides is 1.